The number of rotatable bonds is 8. The minimum atomic E-state index is -0.509. The van der Waals surface area contributed by atoms with E-state index in [2.05, 4.69) is 27.3 Å². The number of Topliss-reactive ketones (excluding diaryl/α,β-unsaturated/α-hetero) is 1. The highest BCUT2D eigenvalue weighted by molar-refractivity contribution is 6.07. The molecule has 9 nitrogen and oxygen atoms in total. The van der Waals surface area contributed by atoms with Crippen LogP contribution >= 0.6 is 0 Å². The second kappa shape index (κ2) is 10.2. The van der Waals surface area contributed by atoms with Crippen molar-refractivity contribution in [1.82, 2.24) is 30.0 Å². The summed E-state index contributed by atoms with van der Waals surface area (Å²) < 4.78 is 1.63. The van der Waals surface area contributed by atoms with Crippen LogP contribution in [0.25, 0.3) is 22.0 Å². The Balaban J connectivity index is 1.25. The van der Waals surface area contributed by atoms with E-state index in [0.717, 1.165) is 40.6 Å². The molecule has 1 N–H and O–H groups in total. The van der Waals surface area contributed by atoms with Crippen molar-refractivity contribution in [2.24, 2.45) is 5.41 Å². The number of hydrogen-bond acceptors (Lipinski definition) is 6. The van der Waals surface area contributed by atoms with Gasteiger partial charge >= 0.3 is 0 Å². The van der Waals surface area contributed by atoms with Gasteiger partial charge in [-0.1, -0.05) is 37.3 Å². The van der Waals surface area contributed by atoms with E-state index in [9.17, 15) is 14.4 Å². The van der Waals surface area contributed by atoms with E-state index in [1.807, 2.05) is 56.3 Å². The first kappa shape index (κ1) is 26.8. The summed E-state index contributed by atoms with van der Waals surface area (Å²) in [6, 6.07) is 13.5. The number of hydrogen-bond donors (Lipinski definition) is 1. The fraction of sp³-hybridized carbons (Fsp3) is 0.375. The number of benzene rings is 2. The van der Waals surface area contributed by atoms with E-state index in [1.54, 1.807) is 22.0 Å². The summed E-state index contributed by atoms with van der Waals surface area (Å²) in [7, 11) is 0. The third-order valence-electron chi connectivity index (χ3n) is 8.55. The number of amides is 2. The Kier molecular flexibility index (Phi) is 6.68. The molecule has 1 saturated carbocycles. The van der Waals surface area contributed by atoms with Gasteiger partial charge in [0, 0.05) is 42.9 Å². The Morgan fingerprint density at radius 2 is 1.76 bits per heavy atom. The molecule has 2 aromatic heterocycles. The van der Waals surface area contributed by atoms with Crippen molar-refractivity contribution in [2.45, 2.75) is 65.6 Å². The Bertz CT molecular complexity index is 1660. The predicted molar refractivity (Wildman–Crippen MR) is 155 cm³/mol. The summed E-state index contributed by atoms with van der Waals surface area (Å²) in [5.74, 6) is 0.233. The third-order valence-corrected chi connectivity index (χ3v) is 8.55. The Morgan fingerprint density at radius 3 is 2.46 bits per heavy atom. The zero-order valence-electron chi connectivity index (χ0n) is 23.8. The van der Waals surface area contributed by atoms with Gasteiger partial charge in [0.05, 0.1) is 5.52 Å². The molecule has 41 heavy (non-hydrogen) atoms. The molecule has 0 spiro atoms. The average molecular weight is 551 g/mol. The number of fused-ring (bicyclic) bond motifs is 2. The first-order valence-corrected chi connectivity index (χ1v) is 14.1. The molecule has 4 aromatic rings. The number of aromatic nitrogens is 4. The quantitative estimate of drug-likeness (QED) is 0.332. The zero-order valence-corrected chi connectivity index (χ0v) is 23.8. The Hall–Kier alpha value is -4.40. The number of nitrogens with zero attached hydrogens (tertiary/aromatic N) is 5. The summed E-state index contributed by atoms with van der Waals surface area (Å²) in [5, 5.41) is 8.35. The van der Waals surface area contributed by atoms with Gasteiger partial charge in [-0.2, -0.15) is 5.10 Å². The van der Waals surface area contributed by atoms with Gasteiger partial charge in [0.25, 0.3) is 0 Å². The van der Waals surface area contributed by atoms with Gasteiger partial charge in [-0.05, 0) is 67.3 Å². The molecular formula is C32H34N6O3. The molecule has 1 unspecified atom stereocenters. The smallest absolute Gasteiger partial charge is 0.245 e. The summed E-state index contributed by atoms with van der Waals surface area (Å²) in [6.07, 6.45) is 5.80. The van der Waals surface area contributed by atoms with Crippen molar-refractivity contribution in [3.05, 3.63) is 77.5 Å². The molecule has 9 heteroatoms. The van der Waals surface area contributed by atoms with E-state index >= 15 is 0 Å². The lowest BCUT2D eigenvalue weighted by Gasteiger charge is -2.27. The van der Waals surface area contributed by atoms with Gasteiger partial charge in [-0.3, -0.25) is 19.1 Å². The number of carbonyl (C=O) groups is 3. The van der Waals surface area contributed by atoms with Crippen LogP contribution in [0.2, 0.25) is 0 Å². The normalized spacial score (nSPS) is 21.1. The van der Waals surface area contributed by atoms with Crippen molar-refractivity contribution < 1.29 is 14.4 Å². The molecule has 2 aliphatic rings. The third kappa shape index (κ3) is 5.01. The number of aryl methyl sites for hydroxylation is 2. The standard InChI is InChI=1S/C32H34N6O3/c1-19-12-23(24-16-34-21(3)35-17-24)13-25-29(20(2)39)36-37(30(19)25)18-28(40)38-26(14-32(4)15-27(32)38)31(41)33-11-10-22-8-6-5-7-9-22/h5-9,12-13,16-17,26-27H,10-11,14-15,18H2,1-4H3,(H,33,41)/t26-,27?,32-/m0/s1. The molecular weight excluding hydrogens is 516 g/mol. The zero-order chi connectivity index (χ0) is 28.9. The SMILES string of the molecule is CC(=O)c1nn(CC(=O)N2C3C[C@]3(C)C[C@H]2C(=O)NCCc2ccccc2)c2c(C)cc(-c3cnc(C)nc3)cc12. The van der Waals surface area contributed by atoms with E-state index < -0.39 is 6.04 Å². The van der Waals surface area contributed by atoms with Gasteiger partial charge < -0.3 is 10.2 Å². The molecule has 210 valence electrons. The van der Waals surface area contributed by atoms with Gasteiger partial charge in [-0.15, -0.1) is 0 Å². The lowest BCUT2D eigenvalue weighted by atomic mass is 10.0. The highest BCUT2D eigenvalue weighted by atomic mass is 16.2. The largest absolute Gasteiger partial charge is 0.354 e. The van der Waals surface area contributed by atoms with Crippen molar-refractivity contribution in [3.8, 4) is 11.1 Å². The lowest BCUT2D eigenvalue weighted by Crippen LogP contribution is -2.49. The second-order valence-corrected chi connectivity index (χ2v) is 11.7. The summed E-state index contributed by atoms with van der Waals surface area (Å²) >= 11 is 0. The van der Waals surface area contributed by atoms with Crippen molar-refractivity contribution in [2.75, 3.05) is 6.54 Å². The maximum absolute atomic E-state index is 13.8. The van der Waals surface area contributed by atoms with E-state index in [0.29, 0.717) is 29.9 Å². The molecule has 0 radical (unpaired) electrons. The number of piperidine rings is 1. The molecule has 1 saturated heterocycles. The molecule has 2 fully saturated rings. The maximum atomic E-state index is 13.8. The van der Waals surface area contributed by atoms with Crippen molar-refractivity contribution in [3.63, 3.8) is 0 Å². The van der Waals surface area contributed by atoms with Crippen LogP contribution in [0.5, 0.6) is 0 Å². The van der Waals surface area contributed by atoms with E-state index in [1.165, 1.54) is 6.92 Å². The number of ketones is 1. The molecule has 3 atom stereocenters. The number of carbonyl (C=O) groups excluding carboxylic acids is 3. The van der Waals surface area contributed by atoms with Gasteiger partial charge in [0.15, 0.2) is 5.78 Å². The van der Waals surface area contributed by atoms with Crippen molar-refractivity contribution >= 4 is 28.5 Å². The van der Waals surface area contributed by atoms with Crippen LogP contribution in [0.4, 0.5) is 0 Å². The lowest BCUT2D eigenvalue weighted by molar-refractivity contribution is -0.140. The van der Waals surface area contributed by atoms with Crippen molar-refractivity contribution in [1.29, 1.82) is 0 Å². The van der Waals surface area contributed by atoms with E-state index in [4.69, 9.17) is 0 Å². The molecule has 1 aliphatic carbocycles. The highest BCUT2D eigenvalue weighted by Gasteiger charge is 2.64. The summed E-state index contributed by atoms with van der Waals surface area (Å²) in [6.45, 7) is 7.88. The van der Waals surface area contributed by atoms with Gasteiger partial charge in [0.1, 0.15) is 24.1 Å². The molecule has 2 amide bonds. The fourth-order valence-electron chi connectivity index (χ4n) is 6.27. The minimum Gasteiger partial charge on any atom is -0.354 e. The second-order valence-electron chi connectivity index (χ2n) is 11.7. The van der Waals surface area contributed by atoms with Crippen LogP contribution in [0.1, 0.15) is 54.1 Å². The number of likely N-dealkylation sites (tertiary alicyclic amines) is 1. The Labute approximate surface area is 239 Å². The van der Waals surface area contributed by atoms with Crippen LogP contribution in [0, 0.1) is 19.3 Å². The van der Waals surface area contributed by atoms with Gasteiger partial charge in [0.2, 0.25) is 11.8 Å². The summed E-state index contributed by atoms with van der Waals surface area (Å²) in [5.41, 5.74) is 4.78. The van der Waals surface area contributed by atoms with Gasteiger partial charge in [-0.25, -0.2) is 9.97 Å². The molecule has 3 heterocycles. The average Bonchev–Trinajstić information content (AvgIpc) is 3.30. The Morgan fingerprint density at radius 1 is 1.02 bits per heavy atom. The van der Waals surface area contributed by atoms with Crippen LogP contribution < -0.4 is 5.32 Å². The van der Waals surface area contributed by atoms with Crippen LogP contribution in [0.3, 0.4) is 0 Å². The molecule has 0 bridgehead atoms. The number of nitrogens with one attached hydrogen (secondary N) is 1. The van der Waals surface area contributed by atoms with Crippen LogP contribution in [-0.4, -0.2) is 60.9 Å². The molecule has 2 aromatic carbocycles. The molecule has 6 rings (SSSR count). The fourth-order valence-corrected chi connectivity index (χ4v) is 6.27. The van der Waals surface area contributed by atoms with E-state index in [-0.39, 0.29) is 35.6 Å². The highest BCUT2D eigenvalue weighted by Crippen LogP contribution is 2.59. The topological polar surface area (TPSA) is 110 Å². The van der Waals surface area contributed by atoms with Crippen LogP contribution in [-0.2, 0) is 22.6 Å². The predicted octanol–water partition coefficient (Wildman–Crippen LogP) is 4.05. The molecule has 1 aliphatic heterocycles. The summed E-state index contributed by atoms with van der Waals surface area (Å²) in [4.78, 5) is 50.1. The minimum absolute atomic E-state index is 0.0330. The van der Waals surface area contributed by atoms with Crippen LogP contribution in [0.15, 0.2) is 54.9 Å². The maximum Gasteiger partial charge on any atom is 0.245 e. The first-order chi connectivity index (χ1) is 19.6. The first-order valence-electron chi connectivity index (χ1n) is 14.1. The monoisotopic (exact) mass is 550 g/mol.